The van der Waals surface area contributed by atoms with Gasteiger partial charge in [-0.25, -0.2) is 4.39 Å². The molecule has 2 N–H and O–H groups in total. The molecule has 0 aliphatic carbocycles. The third kappa shape index (κ3) is 4.87. The van der Waals surface area contributed by atoms with Gasteiger partial charge in [0.15, 0.2) is 0 Å². The standard InChI is InChI=1S/C19H20BrFN2O2/c20-16-3-6-19(24)15(11-16)12-22-13-18(23-7-9-25-10-8-23)14-1-4-17(21)5-2-14/h1-6,11-12,18,24H,7-10,13H2/p+1/t18-/m1/s1. The summed E-state index contributed by atoms with van der Waals surface area (Å²) in [4.78, 5) is 5.94. The van der Waals surface area contributed by atoms with Crippen molar-refractivity contribution in [3.63, 3.8) is 0 Å². The van der Waals surface area contributed by atoms with E-state index < -0.39 is 0 Å². The Labute approximate surface area is 155 Å². The number of halogens is 2. The first-order valence-electron chi connectivity index (χ1n) is 8.29. The summed E-state index contributed by atoms with van der Waals surface area (Å²) in [6.45, 7) is 3.82. The van der Waals surface area contributed by atoms with Crippen LogP contribution in [-0.4, -0.2) is 44.2 Å². The second-order valence-electron chi connectivity index (χ2n) is 6.07. The summed E-state index contributed by atoms with van der Waals surface area (Å²) in [6, 6.07) is 12.0. The minimum Gasteiger partial charge on any atom is -0.507 e. The molecule has 25 heavy (non-hydrogen) atoms. The van der Waals surface area contributed by atoms with E-state index in [2.05, 4.69) is 20.9 Å². The monoisotopic (exact) mass is 407 g/mol. The van der Waals surface area contributed by atoms with Crippen LogP contribution in [0.2, 0.25) is 0 Å². The van der Waals surface area contributed by atoms with Gasteiger partial charge in [-0.1, -0.05) is 28.1 Å². The minimum atomic E-state index is -0.234. The molecule has 1 aliphatic heterocycles. The van der Waals surface area contributed by atoms with Gasteiger partial charge in [0.2, 0.25) is 0 Å². The molecule has 0 aromatic heterocycles. The Morgan fingerprint density at radius 1 is 1.20 bits per heavy atom. The third-order valence-electron chi connectivity index (χ3n) is 4.41. The number of hydrogen-bond donors (Lipinski definition) is 2. The number of quaternary nitrogens is 1. The van der Waals surface area contributed by atoms with Gasteiger partial charge in [-0.05, 0) is 30.3 Å². The fourth-order valence-electron chi connectivity index (χ4n) is 3.03. The van der Waals surface area contributed by atoms with Crippen LogP contribution < -0.4 is 4.90 Å². The Morgan fingerprint density at radius 2 is 1.92 bits per heavy atom. The van der Waals surface area contributed by atoms with Gasteiger partial charge in [0.05, 0.1) is 19.8 Å². The van der Waals surface area contributed by atoms with Gasteiger partial charge in [-0.15, -0.1) is 0 Å². The van der Waals surface area contributed by atoms with Crippen molar-refractivity contribution in [3.05, 3.63) is 63.9 Å². The predicted octanol–water partition coefficient (Wildman–Crippen LogP) is 2.37. The van der Waals surface area contributed by atoms with Crippen molar-refractivity contribution in [2.75, 3.05) is 32.8 Å². The Hall–Kier alpha value is -1.76. The van der Waals surface area contributed by atoms with E-state index in [4.69, 9.17) is 4.74 Å². The number of phenols is 1. The number of nitrogens with zero attached hydrogens (tertiary/aromatic N) is 1. The molecule has 2 aromatic rings. The van der Waals surface area contributed by atoms with Crippen LogP contribution in [-0.2, 0) is 4.74 Å². The molecule has 4 nitrogen and oxygen atoms in total. The molecular formula is C19H21BrFN2O2+. The van der Waals surface area contributed by atoms with Crippen molar-refractivity contribution >= 4 is 22.1 Å². The highest BCUT2D eigenvalue weighted by Gasteiger charge is 2.26. The molecule has 132 valence electrons. The van der Waals surface area contributed by atoms with Gasteiger partial charge >= 0.3 is 0 Å². The number of rotatable bonds is 5. The molecule has 1 heterocycles. The highest BCUT2D eigenvalue weighted by atomic mass is 79.9. The SMILES string of the molecule is Oc1ccc(Br)cc1C=NC[C@H](c1ccc(F)cc1)[NH+]1CCOCC1. The van der Waals surface area contributed by atoms with E-state index in [-0.39, 0.29) is 17.6 Å². The van der Waals surface area contributed by atoms with Crippen LogP contribution in [0, 0.1) is 5.82 Å². The number of aliphatic imine (C=N–C) groups is 1. The average Bonchev–Trinajstić information content (AvgIpc) is 2.63. The lowest BCUT2D eigenvalue weighted by molar-refractivity contribution is -0.937. The quantitative estimate of drug-likeness (QED) is 0.747. The molecule has 2 aromatic carbocycles. The number of phenolic OH excluding ortho intramolecular Hbond substituents is 1. The molecule has 0 amide bonds. The zero-order chi connectivity index (χ0) is 17.6. The normalized spacial score (nSPS) is 17.0. The zero-order valence-electron chi connectivity index (χ0n) is 13.8. The number of ether oxygens (including phenoxy) is 1. The highest BCUT2D eigenvalue weighted by Crippen LogP contribution is 2.20. The smallest absolute Gasteiger partial charge is 0.133 e. The summed E-state index contributed by atoms with van der Waals surface area (Å²) in [5.74, 6) is -0.0361. The molecule has 1 fully saturated rings. The van der Waals surface area contributed by atoms with Crippen LogP contribution in [0.3, 0.4) is 0 Å². The topological polar surface area (TPSA) is 46.3 Å². The van der Waals surface area contributed by atoms with Crippen molar-refractivity contribution in [2.45, 2.75) is 6.04 Å². The van der Waals surface area contributed by atoms with E-state index in [0.29, 0.717) is 12.1 Å². The first-order valence-corrected chi connectivity index (χ1v) is 9.09. The van der Waals surface area contributed by atoms with Crippen molar-refractivity contribution in [1.82, 2.24) is 0 Å². The summed E-state index contributed by atoms with van der Waals surface area (Å²) in [7, 11) is 0. The predicted molar refractivity (Wildman–Crippen MR) is 98.9 cm³/mol. The lowest BCUT2D eigenvalue weighted by atomic mass is 10.0. The third-order valence-corrected chi connectivity index (χ3v) is 4.90. The zero-order valence-corrected chi connectivity index (χ0v) is 15.4. The van der Waals surface area contributed by atoms with E-state index in [1.165, 1.54) is 17.0 Å². The van der Waals surface area contributed by atoms with Crippen molar-refractivity contribution in [3.8, 4) is 5.75 Å². The van der Waals surface area contributed by atoms with E-state index in [9.17, 15) is 9.50 Å². The molecule has 0 bridgehead atoms. The summed E-state index contributed by atoms with van der Waals surface area (Å²) in [6.07, 6.45) is 1.69. The van der Waals surface area contributed by atoms with E-state index in [1.807, 2.05) is 18.2 Å². The fourth-order valence-corrected chi connectivity index (χ4v) is 3.41. The van der Waals surface area contributed by atoms with E-state index in [1.54, 1.807) is 18.3 Å². The van der Waals surface area contributed by atoms with E-state index >= 15 is 0 Å². The average molecular weight is 408 g/mol. The number of hydrogen-bond acceptors (Lipinski definition) is 3. The van der Waals surface area contributed by atoms with Crippen LogP contribution >= 0.6 is 15.9 Å². The summed E-state index contributed by atoms with van der Waals surface area (Å²) in [5.41, 5.74) is 1.73. The second-order valence-corrected chi connectivity index (χ2v) is 6.99. The minimum absolute atomic E-state index is 0.134. The molecule has 6 heteroatoms. The van der Waals surface area contributed by atoms with Crippen LogP contribution in [0.5, 0.6) is 5.75 Å². The highest BCUT2D eigenvalue weighted by molar-refractivity contribution is 9.10. The molecule has 0 spiro atoms. The molecular weight excluding hydrogens is 387 g/mol. The lowest BCUT2D eigenvalue weighted by Gasteiger charge is -2.31. The maximum atomic E-state index is 13.3. The van der Waals surface area contributed by atoms with Crippen molar-refractivity contribution in [1.29, 1.82) is 0 Å². The molecule has 0 saturated carbocycles. The van der Waals surface area contributed by atoms with E-state index in [0.717, 1.165) is 36.3 Å². The largest absolute Gasteiger partial charge is 0.507 e. The van der Waals surface area contributed by atoms with Crippen LogP contribution in [0.1, 0.15) is 17.2 Å². The Bertz CT molecular complexity index is 731. The molecule has 0 unspecified atom stereocenters. The maximum Gasteiger partial charge on any atom is 0.133 e. The van der Waals surface area contributed by atoms with Gasteiger partial charge in [0, 0.05) is 21.8 Å². The van der Waals surface area contributed by atoms with Gasteiger partial charge in [-0.2, -0.15) is 0 Å². The molecule has 1 aliphatic rings. The summed E-state index contributed by atoms with van der Waals surface area (Å²) < 4.78 is 19.6. The number of morpholine rings is 1. The summed E-state index contributed by atoms with van der Waals surface area (Å²) in [5, 5.41) is 9.92. The number of aromatic hydroxyl groups is 1. The second kappa shape index (κ2) is 8.56. The van der Waals surface area contributed by atoms with Gasteiger partial charge in [0.25, 0.3) is 0 Å². The Morgan fingerprint density at radius 3 is 2.64 bits per heavy atom. The van der Waals surface area contributed by atoms with Crippen LogP contribution in [0.4, 0.5) is 4.39 Å². The van der Waals surface area contributed by atoms with Gasteiger partial charge in [0.1, 0.15) is 30.7 Å². The molecule has 0 radical (unpaired) electrons. The molecule has 3 rings (SSSR count). The Kier molecular flexibility index (Phi) is 6.18. The van der Waals surface area contributed by atoms with Gasteiger partial charge < -0.3 is 14.7 Å². The van der Waals surface area contributed by atoms with Gasteiger partial charge in [-0.3, -0.25) is 4.99 Å². The Balaban J connectivity index is 1.78. The maximum absolute atomic E-state index is 13.3. The van der Waals surface area contributed by atoms with Crippen molar-refractivity contribution in [2.24, 2.45) is 4.99 Å². The fraction of sp³-hybridized carbons (Fsp3) is 0.316. The number of nitrogens with one attached hydrogen (secondary N) is 1. The lowest BCUT2D eigenvalue weighted by Crippen LogP contribution is -3.14. The molecule has 1 saturated heterocycles. The van der Waals surface area contributed by atoms with Crippen LogP contribution in [0.15, 0.2) is 51.9 Å². The first-order chi connectivity index (χ1) is 12.1. The first kappa shape index (κ1) is 18.0. The van der Waals surface area contributed by atoms with Crippen LogP contribution in [0.25, 0.3) is 0 Å². The van der Waals surface area contributed by atoms with Crippen molar-refractivity contribution < 1.29 is 19.1 Å². The number of benzene rings is 2. The molecule has 1 atom stereocenters. The summed E-state index contributed by atoms with van der Waals surface area (Å²) >= 11 is 3.40.